The van der Waals surface area contributed by atoms with Gasteiger partial charge >= 0.3 is 12.1 Å². The molecule has 1 amide bonds. The molecule has 0 bridgehead atoms. The van der Waals surface area contributed by atoms with Crippen molar-refractivity contribution in [3.8, 4) is 0 Å². The third-order valence-corrected chi connectivity index (χ3v) is 5.65. The Labute approximate surface area is 201 Å². The largest absolute Gasteiger partial charge is 0.465 e. The first-order chi connectivity index (χ1) is 17.0. The summed E-state index contributed by atoms with van der Waals surface area (Å²) in [6.45, 7) is 0.447. The molecular weight excluding hydrogens is 456 g/mol. The van der Waals surface area contributed by atoms with E-state index in [1.165, 1.54) is 13.3 Å². The highest BCUT2D eigenvalue weighted by molar-refractivity contribution is 5.89. The molecule has 35 heavy (non-hydrogen) atoms. The van der Waals surface area contributed by atoms with E-state index in [-0.39, 0.29) is 6.61 Å². The predicted octanol–water partition coefficient (Wildman–Crippen LogP) is 5.37. The minimum absolute atomic E-state index is 0.126. The third kappa shape index (κ3) is 5.68. The molecule has 2 heterocycles. The van der Waals surface area contributed by atoms with Crippen LogP contribution in [0.2, 0.25) is 0 Å². The Morgan fingerprint density at radius 1 is 1.06 bits per heavy atom. The summed E-state index contributed by atoms with van der Waals surface area (Å²) in [5.74, 6) is -0.468. The average molecular weight is 479 g/mol. The Balaban J connectivity index is 1.61. The van der Waals surface area contributed by atoms with Crippen LogP contribution in [-0.4, -0.2) is 40.6 Å². The van der Waals surface area contributed by atoms with E-state index in [4.69, 9.17) is 9.47 Å². The highest BCUT2D eigenvalue weighted by Gasteiger charge is 2.30. The van der Waals surface area contributed by atoms with E-state index >= 15 is 0 Å². The monoisotopic (exact) mass is 479 g/mol. The van der Waals surface area contributed by atoms with Crippen molar-refractivity contribution in [2.24, 2.45) is 0 Å². The molecule has 0 saturated heterocycles. The molecule has 0 aliphatic carbocycles. The van der Waals surface area contributed by atoms with Crippen molar-refractivity contribution in [2.75, 3.05) is 13.7 Å². The van der Waals surface area contributed by atoms with Gasteiger partial charge in [-0.2, -0.15) is 0 Å². The predicted molar refractivity (Wildman–Crippen MR) is 123 cm³/mol. The molecule has 1 aliphatic rings. The molecule has 7 nitrogen and oxygen atoms in total. The van der Waals surface area contributed by atoms with Gasteiger partial charge < -0.3 is 9.47 Å². The lowest BCUT2D eigenvalue weighted by atomic mass is 9.94. The van der Waals surface area contributed by atoms with Crippen LogP contribution in [0, 0.1) is 0 Å². The number of carbonyl (C=O) groups excluding carboxylic acids is 2. The van der Waals surface area contributed by atoms with Crippen LogP contribution >= 0.6 is 0 Å². The van der Waals surface area contributed by atoms with E-state index in [2.05, 4.69) is 9.97 Å². The Morgan fingerprint density at radius 2 is 1.80 bits per heavy atom. The number of esters is 1. The van der Waals surface area contributed by atoms with Gasteiger partial charge in [-0.1, -0.05) is 48.5 Å². The fourth-order valence-corrected chi connectivity index (χ4v) is 3.79. The molecule has 1 aromatic heterocycles. The van der Waals surface area contributed by atoms with E-state index in [0.717, 1.165) is 22.9 Å². The summed E-state index contributed by atoms with van der Waals surface area (Å²) in [7, 11) is 1.30. The second-order valence-corrected chi connectivity index (χ2v) is 7.86. The van der Waals surface area contributed by atoms with Crippen molar-refractivity contribution >= 4 is 17.6 Å². The van der Waals surface area contributed by atoms with Gasteiger partial charge in [-0.05, 0) is 35.3 Å². The summed E-state index contributed by atoms with van der Waals surface area (Å²) in [4.78, 5) is 34.4. The van der Waals surface area contributed by atoms with Crippen molar-refractivity contribution in [3.05, 3.63) is 101 Å². The number of rotatable bonds is 6. The summed E-state index contributed by atoms with van der Waals surface area (Å²) >= 11 is 0. The van der Waals surface area contributed by atoms with Gasteiger partial charge in [0, 0.05) is 6.54 Å². The zero-order chi connectivity index (χ0) is 24.8. The van der Waals surface area contributed by atoms with Crippen LogP contribution in [0.5, 0.6) is 0 Å². The van der Waals surface area contributed by atoms with Crippen molar-refractivity contribution in [2.45, 2.75) is 25.5 Å². The number of carbonyl (C=O) groups is 2. The molecule has 0 radical (unpaired) electrons. The van der Waals surface area contributed by atoms with E-state index in [1.807, 2.05) is 36.4 Å². The molecular formula is C26H23F2N3O4. The lowest BCUT2D eigenvalue weighted by Gasteiger charge is -2.34. The van der Waals surface area contributed by atoms with Crippen LogP contribution in [0.4, 0.5) is 13.6 Å². The van der Waals surface area contributed by atoms with Gasteiger partial charge in [-0.15, -0.1) is 0 Å². The fourth-order valence-electron chi connectivity index (χ4n) is 3.79. The minimum atomic E-state index is -2.70. The van der Waals surface area contributed by atoms with E-state index in [1.54, 1.807) is 29.2 Å². The molecule has 0 N–H and O–H groups in total. The van der Waals surface area contributed by atoms with Crippen LogP contribution in [0.15, 0.2) is 73.1 Å². The van der Waals surface area contributed by atoms with Crippen LogP contribution in [0.25, 0.3) is 5.57 Å². The molecule has 0 saturated carbocycles. The average Bonchev–Trinajstić information content (AvgIpc) is 2.91. The summed E-state index contributed by atoms with van der Waals surface area (Å²) < 4.78 is 36.0. The van der Waals surface area contributed by atoms with Gasteiger partial charge in [0.05, 0.1) is 36.8 Å². The van der Waals surface area contributed by atoms with Crippen molar-refractivity contribution in [1.82, 2.24) is 14.9 Å². The minimum Gasteiger partial charge on any atom is -0.465 e. The van der Waals surface area contributed by atoms with Crippen LogP contribution < -0.4 is 0 Å². The number of amides is 1. The Bertz CT molecular complexity index is 1200. The molecule has 180 valence electrons. The maximum atomic E-state index is 13.0. The number of alkyl halides is 2. The summed E-state index contributed by atoms with van der Waals surface area (Å²) in [5.41, 5.74) is 2.82. The standard InChI is InChI=1S/C26H23F2N3O4/c1-34-25(32)19-9-7-18(8-10-19)23-13-20(21-14-30-22(15-29-21)24(27)28)11-12-31(23)26(33)35-16-17-5-3-2-4-6-17/h2-10,13-15,23-24H,11-12,16H2,1H3/t23-/m0/s1. The van der Waals surface area contributed by atoms with Crippen LogP contribution in [-0.2, 0) is 16.1 Å². The Kier molecular flexibility index (Phi) is 7.45. The zero-order valence-corrected chi connectivity index (χ0v) is 18.9. The molecule has 0 fully saturated rings. The second kappa shape index (κ2) is 10.9. The van der Waals surface area contributed by atoms with Gasteiger partial charge in [0.1, 0.15) is 12.3 Å². The van der Waals surface area contributed by atoms with Gasteiger partial charge in [0.25, 0.3) is 6.43 Å². The molecule has 0 unspecified atom stereocenters. The molecule has 4 rings (SSSR count). The number of hydrogen-bond donors (Lipinski definition) is 0. The normalized spacial score (nSPS) is 15.5. The van der Waals surface area contributed by atoms with E-state index in [9.17, 15) is 18.4 Å². The van der Waals surface area contributed by atoms with Crippen LogP contribution in [0.3, 0.4) is 0 Å². The SMILES string of the molecule is COC(=O)c1ccc([C@@H]2C=C(c3cnc(C(F)F)cn3)CCN2C(=O)OCc2ccccc2)cc1. The summed E-state index contributed by atoms with van der Waals surface area (Å²) in [6.07, 6.45) is 1.46. The Hall–Kier alpha value is -4.14. The van der Waals surface area contributed by atoms with Crippen molar-refractivity contribution in [1.29, 1.82) is 0 Å². The quantitative estimate of drug-likeness (QED) is 0.442. The first kappa shape index (κ1) is 24.0. The van der Waals surface area contributed by atoms with Gasteiger partial charge in [-0.3, -0.25) is 14.9 Å². The van der Waals surface area contributed by atoms with Gasteiger partial charge in [-0.25, -0.2) is 18.4 Å². The topological polar surface area (TPSA) is 81.6 Å². The number of ether oxygens (including phenoxy) is 2. The summed E-state index contributed by atoms with van der Waals surface area (Å²) in [6, 6.07) is 15.5. The number of nitrogens with zero attached hydrogens (tertiary/aromatic N) is 3. The number of halogens is 2. The first-order valence-electron chi connectivity index (χ1n) is 10.9. The summed E-state index contributed by atoms with van der Waals surface area (Å²) in [5, 5.41) is 0. The molecule has 2 aromatic carbocycles. The number of methoxy groups -OCH3 is 1. The maximum absolute atomic E-state index is 13.0. The number of hydrogen-bond acceptors (Lipinski definition) is 6. The lowest BCUT2D eigenvalue weighted by molar-refractivity contribution is 0.0600. The highest BCUT2D eigenvalue weighted by Crippen LogP contribution is 2.34. The molecule has 9 heteroatoms. The zero-order valence-electron chi connectivity index (χ0n) is 18.9. The molecule has 0 spiro atoms. The highest BCUT2D eigenvalue weighted by atomic mass is 19.3. The first-order valence-corrected chi connectivity index (χ1v) is 10.9. The van der Waals surface area contributed by atoms with Crippen molar-refractivity contribution in [3.63, 3.8) is 0 Å². The smallest absolute Gasteiger partial charge is 0.410 e. The van der Waals surface area contributed by atoms with E-state index < -0.39 is 30.2 Å². The maximum Gasteiger partial charge on any atom is 0.410 e. The molecule has 3 aromatic rings. The molecule has 1 atom stereocenters. The molecule has 1 aliphatic heterocycles. The fraction of sp³-hybridized carbons (Fsp3) is 0.231. The second-order valence-electron chi connectivity index (χ2n) is 7.86. The van der Waals surface area contributed by atoms with Crippen LogP contribution in [0.1, 0.15) is 51.8 Å². The lowest BCUT2D eigenvalue weighted by Crippen LogP contribution is -2.37. The Morgan fingerprint density at radius 3 is 2.43 bits per heavy atom. The van der Waals surface area contributed by atoms with E-state index in [0.29, 0.717) is 24.2 Å². The van der Waals surface area contributed by atoms with Crippen molar-refractivity contribution < 1.29 is 27.8 Å². The number of aromatic nitrogens is 2. The van der Waals surface area contributed by atoms with Gasteiger partial charge in [0.2, 0.25) is 0 Å². The third-order valence-electron chi connectivity index (χ3n) is 5.65. The van der Waals surface area contributed by atoms with Gasteiger partial charge in [0.15, 0.2) is 0 Å². The number of benzene rings is 2.